The smallest absolute Gasteiger partial charge is 0.103 e. The Hall–Kier alpha value is -1.68. The summed E-state index contributed by atoms with van der Waals surface area (Å²) in [6.45, 7) is 38.1. The fourth-order valence-electron chi connectivity index (χ4n) is 2.44. The molecule has 0 saturated heterocycles. The van der Waals surface area contributed by atoms with Crippen LogP contribution in [0.15, 0.2) is 48.6 Å². The third-order valence-corrected chi connectivity index (χ3v) is 4.82. The van der Waals surface area contributed by atoms with Crippen molar-refractivity contribution in [2.45, 2.75) is 207 Å². The fourth-order valence-corrected chi connectivity index (χ4v) is 2.44. The zero-order valence-corrected chi connectivity index (χ0v) is 33.5. The molecular weight excluding hydrogens is 893 g/mol. The third kappa shape index (κ3) is 153. The lowest BCUT2D eigenvalue weighted by Gasteiger charge is -2.05. The minimum absolute atomic E-state index is 0. The van der Waals surface area contributed by atoms with Crippen molar-refractivity contribution in [3.8, 4) is 0 Å². The Balaban J connectivity index is -0.0000000217. The SMILES string of the molecule is C.C.C.C.C.C.C.C.C.C.C.C.C.C.C.C.C.C=C(CCOOCC)COOCC.C=C(CCOOCC)COOCC.C=C(CCOOCC)COOCC.C=C(CCOOCC)COOCC. The average molecular weight is 1030 g/mol. The molecule has 69 heavy (non-hydrogen) atoms. The van der Waals surface area contributed by atoms with Gasteiger partial charge in [-0.1, -0.05) is 153 Å². The van der Waals surface area contributed by atoms with Crippen molar-refractivity contribution in [2.75, 3.05) is 106 Å². The van der Waals surface area contributed by atoms with Crippen LogP contribution in [-0.4, -0.2) is 106 Å². The van der Waals surface area contributed by atoms with E-state index in [2.05, 4.69) is 26.3 Å². The van der Waals surface area contributed by atoms with Crippen LogP contribution in [0.25, 0.3) is 0 Å². The van der Waals surface area contributed by atoms with Crippen molar-refractivity contribution in [3.63, 3.8) is 0 Å². The Labute approximate surface area is 438 Å². The van der Waals surface area contributed by atoms with Gasteiger partial charge in [-0.05, 0) is 103 Å². The Morgan fingerprint density at radius 2 is 0.319 bits per heavy atom. The highest BCUT2D eigenvalue weighted by Gasteiger charge is 1.99. The van der Waals surface area contributed by atoms with Crippen LogP contribution in [0, 0.1) is 0 Å². The molecule has 0 N–H and O–H groups in total. The van der Waals surface area contributed by atoms with Gasteiger partial charge in [-0.2, -0.15) is 0 Å². The van der Waals surface area contributed by atoms with E-state index in [0.717, 1.165) is 22.3 Å². The van der Waals surface area contributed by atoms with Gasteiger partial charge in [0.1, 0.15) is 26.4 Å². The minimum atomic E-state index is 0. The first-order chi connectivity index (χ1) is 25.2. The molecule has 0 aromatic carbocycles. The van der Waals surface area contributed by atoms with Crippen LogP contribution in [-0.2, 0) is 78.2 Å². The molecule has 0 amide bonds. The van der Waals surface area contributed by atoms with Gasteiger partial charge in [0.2, 0.25) is 0 Å². The molecule has 0 atom stereocenters. The van der Waals surface area contributed by atoms with Gasteiger partial charge >= 0.3 is 0 Å². The van der Waals surface area contributed by atoms with Gasteiger partial charge in [-0.25, -0.2) is 78.2 Å². The predicted molar refractivity (Wildman–Crippen MR) is 310 cm³/mol. The Kier molecular flexibility index (Phi) is 264. The molecule has 0 spiro atoms. The van der Waals surface area contributed by atoms with Crippen LogP contribution >= 0.6 is 0 Å². The maximum atomic E-state index is 4.81. The lowest BCUT2D eigenvalue weighted by atomic mass is 10.2. The van der Waals surface area contributed by atoms with E-state index < -0.39 is 0 Å². The van der Waals surface area contributed by atoms with Crippen LogP contribution < -0.4 is 0 Å². The molecule has 0 bridgehead atoms. The van der Waals surface area contributed by atoms with Gasteiger partial charge in [-0.15, -0.1) is 0 Å². The van der Waals surface area contributed by atoms with Gasteiger partial charge in [0.25, 0.3) is 0 Å². The number of hydrogen-bond acceptors (Lipinski definition) is 16. The maximum Gasteiger partial charge on any atom is 0.103 e. The van der Waals surface area contributed by atoms with Gasteiger partial charge in [0.15, 0.2) is 0 Å². The van der Waals surface area contributed by atoms with Gasteiger partial charge in [-0.3, -0.25) is 0 Å². The average Bonchev–Trinajstić information content (AvgIpc) is 3.14. The van der Waals surface area contributed by atoms with Crippen LogP contribution in [0.1, 0.15) is 207 Å². The standard InChI is InChI=1S/4C9H18O4.17CH4/c4*1-4-10-12-7-6-9(3)8-13-11-5-2;;;;;;;;;;;;;;;;;/h4*3-8H2,1-2H3;17*1H4. The van der Waals surface area contributed by atoms with Crippen molar-refractivity contribution >= 4 is 0 Å². The molecule has 0 saturated carbocycles. The lowest BCUT2D eigenvalue weighted by Crippen LogP contribution is -2.03. The van der Waals surface area contributed by atoms with Crippen LogP contribution in [0.5, 0.6) is 0 Å². The van der Waals surface area contributed by atoms with Crippen molar-refractivity contribution in [1.29, 1.82) is 0 Å². The fraction of sp³-hybridized carbons (Fsp3) is 0.849. The second kappa shape index (κ2) is 132. The summed E-state index contributed by atoms with van der Waals surface area (Å²) < 4.78 is 0. The Morgan fingerprint density at radius 3 is 0.435 bits per heavy atom. The van der Waals surface area contributed by atoms with Gasteiger partial charge in [0, 0.05) is 0 Å². The van der Waals surface area contributed by atoms with Crippen molar-refractivity contribution < 1.29 is 78.2 Å². The molecule has 0 aliphatic heterocycles. The zero-order chi connectivity index (χ0) is 39.8. The van der Waals surface area contributed by atoms with Gasteiger partial charge in [0.05, 0.1) is 79.3 Å². The van der Waals surface area contributed by atoms with Crippen LogP contribution in [0.3, 0.4) is 0 Å². The Morgan fingerprint density at radius 1 is 0.203 bits per heavy atom. The highest BCUT2D eigenvalue weighted by atomic mass is 17.2. The molecule has 0 aliphatic carbocycles. The van der Waals surface area contributed by atoms with Crippen LogP contribution in [0.2, 0.25) is 0 Å². The lowest BCUT2D eigenvalue weighted by molar-refractivity contribution is -0.294. The summed E-state index contributed by atoms with van der Waals surface area (Å²) in [7, 11) is 0. The summed E-state index contributed by atoms with van der Waals surface area (Å²) in [5.41, 5.74) is 3.70. The molecule has 0 fully saturated rings. The second-order valence-electron chi connectivity index (χ2n) is 9.59. The van der Waals surface area contributed by atoms with Crippen molar-refractivity contribution in [2.24, 2.45) is 0 Å². The van der Waals surface area contributed by atoms with Crippen molar-refractivity contribution in [3.05, 3.63) is 48.6 Å². The van der Waals surface area contributed by atoms with Crippen molar-refractivity contribution in [1.82, 2.24) is 0 Å². The second-order valence-corrected chi connectivity index (χ2v) is 9.59. The van der Waals surface area contributed by atoms with E-state index in [1.165, 1.54) is 0 Å². The monoisotopic (exact) mass is 1030 g/mol. The first-order valence-electron chi connectivity index (χ1n) is 17.9. The molecule has 0 aromatic heterocycles. The van der Waals surface area contributed by atoms with E-state index in [1.54, 1.807) is 0 Å². The first-order valence-corrected chi connectivity index (χ1v) is 17.9. The largest absolute Gasteiger partial charge is 0.237 e. The molecule has 0 heterocycles. The molecule has 0 aliphatic rings. The van der Waals surface area contributed by atoms with E-state index in [1.807, 2.05) is 55.4 Å². The summed E-state index contributed by atoms with van der Waals surface area (Å²) in [5, 5.41) is 0. The molecule has 16 heteroatoms. The maximum absolute atomic E-state index is 4.81. The Bertz CT molecular complexity index is 627. The van der Waals surface area contributed by atoms with Crippen LogP contribution in [0.4, 0.5) is 0 Å². The molecule has 0 aromatic rings. The molecule has 448 valence electrons. The highest BCUT2D eigenvalue weighted by Crippen LogP contribution is 2.02. The molecule has 16 nitrogen and oxygen atoms in total. The predicted octanol–water partition coefficient (Wildman–Crippen LogP) is 18.3. The summed E-state index contributed by atoms with van der Waals surface area (Å²) in [4.78, 5) is 76.0. The third-order valence-electron chi connectivity index (χ3n) is 4.82. The number of hydrogen-bond donors (Lipinski definition) is 0. The zero-order valence-electron chi connectivity index (χ0n) is 33.5. The molecule has 0 radical (unpaired) electrons. The summed E-state index contributed by atoms with van der Waals surface area (Å²) >= 11 is 0. The van der Waals surface area contributed by atoms with E-state index >= 15 is 0 Å². The van der Waals surface area contributed by atoms with E-state index in [0.29, 0.717) is 131 Å². The molecule has 0 unspecified atom stereocenters. The number of rotatable bonds is 36. The minimum Gasteiger partial charge on any atom is -0.237 e. The molecular formula is C53H140O16. The summed E-state index contributed by atoms with van der Waals surface area (Å²) in [6, 6.07) is 0. The van der Waals surface area contributed by atoms with E-state index in [-0.39, 0.29) is 126 Å². The quantitative estimate of drug-likeness (QED) is 0.0253. The molecule has 0 rings (SSSR count). The van der Waals surface area contributed by atoms with Gasteiger partial charge < -0.3 is 0 Å². The topological polar surface area (TPSA) is 148 Å². The van der Waals surface area contributed by atoms with E-state index in [9.17, 15) is 0 Å². The summed E-state index contributed by atoms with van der Waals surface area (Å²) in [5.74, 6) is 0. The first kappa shape index (κ1) is 138. The summed E-state index contributed by atoms with van der Waals surface area (Å²) in [6.07, 6.45) is 2.86. The van der Waals surface area contributed by atoms with E-state index in [4.69, 9.17) is 78.2 Å². The highest BCUT2D eigenvalue weighted by molar-refractivity contribution is 4.94. The normalized spacial score (nSPS) is 7.77.